The van der Waals surface area contributed by atoms with E-state index in [1.807, 2.05) is 13.8 Å². The van der Waals surface area contributed by atoms with Gasteiger partial charge < -0.3 is 20.9 Å². The molecule has 9 heteroatoms. The third kappa shape index (κ3) is 5.15. The molecule has 4 N–H and O–H groups in total. The molecule has 1 aliphatic heterocycles. The SMILES string of the molecule is CCCC(CCC)S(=O)(=O)CC(N)(C(N)=O)C(=O)O[C@@H]1CCOC1. The zero-order chi connectivity index (χ0) is 18.4. The first-order chi connectivity index (χ1) is 11.2. The van der Waals surface area contributed by atoms with Crippen LogP contribution in [0.1, 0.15) is 46.0 Å². The molecule has 1 unspecified atom stereocenters. The van der Waals surface area contributed by atoms with Crippen LogP contribution < -0.4 is 11.5 Å². The average molecular weight is 364 g/mol. The van der Waals surface area contributed by atoms with Gasteiger partial charge in [0.1, 0.15) is 6.10 Å². The number of ether oxygens (including phenoxy) is 2. The molecule has 8 nitrogen and oxygen atoms in total. The van der Waals surface area contributed by atoms with Gasteiger partial charge in [-0.15, -0.1) is 0 Å². The number of rotatable bonds is 10. The van der Waals surface area contributed by atoms with E-state index in [1.54, 1.807) is 0 Å². The molecule has 0 aromatic rings. The summed E-state index contributed by atoms with van der Waals surface area (Å²) in [6, 6.07) is 0. The summed E-state index contributed by atoms with van der Waals surface area (Å²) in [6.07, 6.45) is 2.16. The molecule has 0 aromatic carbocycles. The number of nitrogens with two attached hydrogens (primary N) is 2. The van der Waals surface area contributed by atoms with Gasteiger partial charge in [0.2, 0.25) is 11.4 Å². The lowest BCUT2D eigenvalue weighted by atomic mass is 10.0. The minimum atomic E-state index is -3.79. The van der Waals surface area contributed by atoms with Gasteiger partial charge in [-0.2, -0.15) is 0 Å². The second-order valence-corrected chi connectivity index (χ2v) is 8.51. The third-order valence-corrected chi connectivity index (χ3v) is 6.47. The Morgan fingerprint density at radius 3 is 2.29 bits per heavy atom. The summed E-state index contributed by atoms with van der Waals surface area (Å²) in [6.45, 7) is 4.37. The minimum absolute atomic E-state index is 0.196. The van der Waals surface area contributed by atoms with Crippen LogP contribution in [0.4, 0.5) is 0 Å². The molecular weight excluding hydrogens is 336 g/mol. The first-order valence-corrected chi connectivity index (χ1v) is 9.98. The van der Waals surface area contributed by atoms with E-state index in [0.29, 0.717) is 38.7 Å². The van der Waals surface area contributed by atoms with Crippen molar-refractivity contribution in [3.8, 4) is 0 Å². The number of carbonyl (C=O) groups excluding carboxylic acids is 2. The summed E-state index contributed by atoms with van der Waals surface area (Å²) in [5, 5.41) is -0.655. The van der Waals surface area contributed by atoms with Crippen molar-refractivity contribution in [3.63, 3.8) is 0 Å². The van der Waals surface area contributed by atoms with Crippen LogP contribution in [0.15, 0.2) is 0 Å². The van der Waals surface area contributed by atoms with Gasteiger partial charge in [-0.05, 0) is 12.8 Å². The highest BCUT2D eigenvalue weighted by Crippen LogP contribution is 2.21. The van der Waals surface area contributed by atoms with Crippen LogP contribution in [0.2, 0.25) is 0 Å². The van der Waals surface area contributed by atoms with Gasteiger partial charge in [-0.3, -0.25) is 4.79 Å². The predicted octanol–water partition coefficient (Wildman–Crippen LogP) is -0.115. The summed E-state index contributed by atoms with van der Waals surface area (Å²) < 4.78 is 35.5. The Hall–Kier alpha value is -1.19. The van der Waals surface area contributed by atoms with Crippen molar-refractivity contribution in [1.82, 2.24) is 0 Å². The lowest BCUT2D eigenvalue weighted by molar-refractivity contribution is -0.157. The van der Waals surface area contributed by atoms with Gasteiger partial charge >= 0.3 is 5.97 Å². The molecule has 1 heterocycles. The molecule has 1 saturated heterocycles. The van der Waals surface area contributed by atoms with Crippen LogP contribution in [0, 0.1) is 0 Å². The van der Waals surface area contributed by atoms with E-state index < -0.39 is 44.4 Å². The largest absolute Gasteiger partial charge is 0.458 e. The fraction of sp³-hybridized carbons (Fsp3) is 0.867. The lowest BCUT2D eigenvalue weighted by Gasteiger charge is -2.27. The topological polar surface area (TPSA) is 139 Å². The Morgan fingerprint density at radius 1 is 1.29 bits per heavy atom. The molecule has 1 amide bonds. The number of esters is 1. The maximum atomic E-state index is 12.7. The van der Waals surface area contributed by atoms with Crippen molar-refractivity contribution in [2.45, 2.75) is 62.8 Å². The summed E-state index contributed by atoms with van der Waals surface area (Å²) in [4.78, 5) is 24.1. The van der Waals surface area contributed by atoms with Crippen LogP contribution in [0.3, 0.4) is 0 Å². The quantitative estimate of drug-likeness (QED) is 0.407. The Labute approximate surface area is 143 Å². The minimum Gasteiger partial charge on any atom is -0.458 e. The van der Waals surface area contributed by atoms with E-state index in [9.17, 15) is 18.0 Å². The Morgan fingerprint density at radius 2 is 1.88 bits per heavy atom. The number of hydrogen-bond acceptors (Lipinski definition) is 7. The van der Waals surface area contributed by atoms with E-state index in [0.717, 1.165) is 0 Å². The number of hydrogen-bond donors (Lipinski definition) is 2. The number of primary amides is 1. The van der Waals surface area contributed by atoms with Gasteiger partial charge in [0.25, 0.3) is 0 Å². The maximum absolute atomic E-state index is 12.7. The number of carbonyl (C=O) groups is 2. The van der Waals surface area contributed by atoms with Crippen LogP contribution in [-0.4, -0.2) is 56.2 Å². The van der Waals surface area contributed by atoms with E-state index >= 15 is 0 Å². The molecule has 0 aliphatic carbocycles. The van der Waals surface area contributed by atoms with Gasteiger partial charge in [-0.1, -0.05) is 26.7 Å². The highest BCUT2D eigenvalue weighted by Gasteiger charge is 2.48. The fourth-order valence-electron chi connectivity index (χ4n) is 2.68. The van der Waals surface area contributed by atoms with Crippen molar-refractivity contribution in [2.75, 3.05) is 19.0 Å². The summed E-state index contributed by atoms with van der Waals surface area (Å²) in [5.41, 5.74) is 8.66. The second-order valence-electron chi connectivity index (χ2n) is 6.23. The van der Waals surface area contributed by atoms with Crippen LogP contribution in [-0.2, 0) is 28.9 Å². The first kappa shape index (κ1) is 20.9. The van der Waals surface area contributed by atoms with Crippen LogP contribution in [0.5, 0.6) is 0 Å². The highest BCUT2D eigenvalue weighted by molar-refractivity contribution is 7.92. The summed E-state index contributed by atoms with van der Waals surface area (Å²) in [7, 11) is -3.79. The van der Waals surface area contributed by atoms with Crippen LogP contribution >= 0.6 is 0 Å². The fourth-order valence-corrected chi connectivity index (χ4v) is 5.00. The van der Waals surface area contributed by atoms with E-state index in [-0.39, 0.29) is 6.61 Å². The molecule has 2 atom stereocenters. The Bertz CT molecular complexity index is 538. The highest BCUT2D eigenvalue weighted by atomic mass is 32.2. The molecule has 1 aliphatic rings. The Balaban J connectivity index is 2.96. The number of amides is 1. The number of sulfone groups is 1. The molecule has 0 spiro atoms. The van der Waals surface area contributed by atoms with E-state index in [4.69, 9.17) is 20.9 Å². The normalized spacial score (nSPS) is 20.8. The van der Waals surface area contributed by atoms with E-state index in [2.05, 4.69) is 0 Å². The van der Waals surface area contributed by atoms with Crippen LogP contribution in [0.25, 0.3) is 0 Å². The molecule has 140 valence electrons. The Kier molecular flexibility index (Phi) is 7.62. The lowest BCUT2D eigenvalue weighted by Crippen LogP contribution is -2.64. The van der Waals surface area contributed by atoms with Gasteiger partial charge in [-0.25, -0.2) is 13.2 Å². The summed E-state index contributed by atoms with van der Waals surface area (Å²) in [5.74, 6) is -3.16. The molecule has 1 rings (SSSR count). The average Bonchev–Trinajstić information content (AvgIpc) is 2.99. The van der Waals surface area contributed by atoms with Gasteiger partial charge in [0, 0.05) is 6.42 Å². The third-order valence-electron chi connectivity index (χ3n) is 4.12. The zero-order valence-electron chi connectivity index (χ0n) is 14.3. The molecule has 1 fully saturated rings. The monoisotopic (exact) mass is 364 g/mol. The zero-order valence-corrected chi connectivity index (χ0v) is 15.1. The van der Waals surface area contributed by atoms with Crippen molar-refractivity contribution in [1.29, 1.82) is 0 Å². The van der Waals surface area contributed by atoms with Crippen molar-refractivity contribution in [3.05, 3.63) is 0 Å². The predicted molar refractivity (Wildman–Crippen MR) is 88.8 cm³/mol. The molecule has 0 saturated carbocycles. The molecule has 0 bridgehead atoms. The van der Waals surface area contributed by atoms with Gasteiger partial charge in [0.05, 0.1) is 24.2 Å². The standard InChI is InChI=1S/C15H28N2O6S/c1-3-5-12(6-4-2)24(20,21)10-15(17,13(16)18)14(19)23-11-7-8-22-9-11/h11-12H,3-10,17H2,1-2H3,(H2,16,18)/t11-,15?/m1/s1. The van der Waals surface area contributed by atoms with Crippen molar-refractivity contribution >= 4 is 21.7 Å². The molecule has 0 radical (unpaired) electrons. The van der Waals surface area contributed by atoms with Gasteiger partial charge in [0.15, 0.2) is 9.84 Å². The first-order valence-electron chi connectivity index (χ1n) is 8.26. The molecule has 24 heavy (non-hydrogen) atoms. The second kappa shape index (κ2) is 8.77. The summed E-state index contributed by atoms with van der Waals surface area (Å²) >= 11 is 0. The molecular formula is C15H28N2O6S. The maximum Gasteiger partial charge on any atom is 0.337 e. The van der Waals surface area contributed by atoms with Crippen molar-refractivity contribution < 1.29 is 27.5 Å². The smallest absolute Gasteiger partial charge is 0.337 e. The molecule has 0 aromatic heterocycles. The van der Waals surface area contributed by atoms with Crippen molar-refractivity contribution in [2.24, 2.45) is 11.5 Å². The van der Waals surface area contributed by atoms with E-state index in [1.165, 1.54) is 0 Å².